The van der Waals surface area contributed by atoms with E-state index in [-0.39, 0.29) is 0 Å². The number of hydrogen-bond acceptors (Lipinski definition) is 7. The summed E-state index contributed by atoms with van der Waals surface area (Å²) in [5.41, 5.74) is 5.03. The van der Waals surface area contributed by atoms with Gasteiger partial charge in [-0.25, -0.2) is 19.7 Å². The molecular formula is C30H31ClN4O3S. The molecule has 1 N–H and O–H groups in total. The smallest absolute Gasteiger partial charge is 0.337 e. The topological polar surface area (TPSA) is 88.4 Å². The third-order valence-electron chi connectivity index (χ3n) is 6.59. The first-order chi connectivity index (χ1) is 18.5. The lowest BCUT2D eigenvalue weighted by molar-refractivity contribution is -0.160. The van der Waals surface area contributed by atoms with Gasteiger partial charge >= 0.3 is 5.97 Å². The van der Waals surface area contributed by atoms with E-state index in [0.29, 0.717) is 10.6 Å². The third-order valence-corrected chi connectivity index (χ3v) is 7.96. The highest BCUT2D eigenvalue weighted by Gasteiger charge is 2.32. The Hall–Kier alpha value is -3.17. The highest BCUT2D eigenvalue weighted by molar-refractivity contribution is 7.22. The molecule has 7 nitrogen and oxygen atoms in total. The molecule has 0 aliphatic carbocycles. The van der Waals surface area contributed by atoms with E-state index >= 15 is 0 Å². The number of benzene rings is 2. The molecule has 9 heteroatoms. The van der Waals surface area contributed by atoms with Gasteiger partial charge in [0.05, 0.1) is 15.8 Å². The first-order valence-corrected chi connectivity index (χ1v) is 14.0. The van der Waals surface area contributed by atoms with E-state index in [1.807, 2.05) is 64.1 Å². The Bertz CT molecular complexity index is 1570. The lowest BCUT2D eigenvalue weighted by Crippen LogP contribution is -2.28. The van der Waals surface area contributed by atoms with Gasteiger partial charge in [0.15, 0.2) is 11.9 Å². The molecule has 0 bridgehead atoms. The lowest BCUT2D eigenvalue weighted by Gasteiger charge is -2.28. The first-order valence-electron chi connectivity index (χ1n) is 12.8. The summed E-state index contributed by atoms with van der Waals surface area (Å²) < 4.78 is 6.98. The number of carboxylic acids is 1. The SMILES string of the molecule is Cc1cc2nc(-c3ccnc(C4=CCN(C)CC4)n3)sc2c(-c2ccc(Cl)cc2)c1[C@H](OC(C)(C)C)C(=O)O. The zero-order valence-corrected chi connectivity index (χ0v) is 24.2. The van der Waals surface area contributed by atoms with Crippen LogP contribution in [0.1, 0.15) is 50.2 Å². The van der Waals surface area contributed by atoms with Gasteiger partial charge in [0.1, 0.15) is 10.7 Å². The maximum atomic E-state index is 12.6. The molecule has 39 heavy (non-hydrogen) atoms. The van der Waals surface area contributed by atoms with E-state index in [4.69, 9.17) is 26.3 Å². The normalized spacial score (nSPS) is 15.4. The van der Waals surface area contributed by atoms with E-state index in [2.05, 4.69) is 23.0 Å². The molecule has 5 rings (SSSR count). The van der Waals surface area contributed by atoms with Crippen molar-refractivity contribution >= 4 is 44.7 Å². The fourth-order valence-electron chi connectivity index (χ4n) is 4.75. The van der Waals surface area contributed by atoms with Crippen LogP contribution in [-0.2, 0) is 9.53 Å². The van der Waals surface area contributed by atoms with Crippen molar-refractivity contribution in [3.8, 4) is 21.8 Å². The maximum absolute atomic E-state index is 12.6. The summed E-state index contributed by atoms with van der Waals surface area (Å²) in [5, 5.41) is 11.6. The van der Waals surface area contributed by atoms with Crippen LogP contribution < -0.4 is 0 Å². The number of carboxylic acid groups (broad SMARTS) is 1. The second-order valence-electron chi connectivity index (χ2n) is 10.8. The number of nitrogens with zero attached hydrogens (tertiary/aromatic N) is 4. The average molecular weight is 563 g/mol. The second kappa shape index (κ2) is 10.8. The van der Waals surface area contributed by atoms with Gasteiger partial charge in [-0.15, -0.1) is 11.3 Å². The van der Waals surface area contributed by atoms with Crippen LogP contribution in [0, 0.1) is 6.92 Å². The standard InChI is InChI=1S/C30H31ClN4O3S/c1-17-16-22-26(39-28(34-22)21-10-13-32-27(33-21)19-11-14-35(5)15-12-19)24(18-6-8-20(31)9-7-18)23(17)25(29(36)37)38-30(2,3)4/h6-11,13,16,25H,12,14-15H2,1-5H3,(H,36,37)/t25-/m0/s1. The molecule has 3 heterocycles. The van der Waals surface area contributed by atoms with Gasteiger partial charge in [-0.3, -0.25) is 0 Å². The van der Waals surface area contributed by atoms with Crippen molar-refractivity contribution in [1.29, 1.82) is 0 Å². The van der Waals surface area contributed by atoms with Crippen LogP contribution in [0.4, 0.5) is 0 Å². The molecule has 0 unspecified atom stereocenters. The summed E-state index contributed by atoms with van der Waals surface area (Å²) >= 11 is 7.70. The van der Waals surface area contributed by atoms with Crippen molar-refractivity contribution in [2.24, 2.45) is 0 Å². The number of rotatable bonds is 6. The van der Waals surface area contributed by atoms with E-state index in [1.54, 1.807) is 6.20 Å². The zero-order chi connectivity index (χ0) is 27.9. The van der Waals surface area contributed by atoms with Gasteiger partial charge in [-0.1, -0.05) is 29.8 Å². The summed E-state index contributed by atoms with van der Waals surface area (Å²) in [4.78, 5) is 29.2. The number of hydrogen-bond donors (Lipinski definition) is 1. The average Bonchev–Trinajstić information content (AvgIpc) is 3.31. The molecule has 0 amide bonds. The van der Waals surface area contributed by atoms with E-state index in [9.17, 15) is 9.90 Å². The fraction of sp³-hybridized carbons (Fsp3) is 0.333. The first kappa shape index (κ1) is 27.4. The number of aryl methyl sites for hydroxylation is 1. The van der Waals surface area contributed by atoms with Gasteiger partial charge in [-0.2, -0.15) is 0 Å². The summed E-state index contributed by atoms with van der Waals surface area (Å²) in [7, 11) is 2.10. The highest BCUT2D eigenvalue weighted by Crippen LogP contribution is 2.44. The molecular weight excluding hydrogens is 532 g/mol. The molecule has 0 saturated heterocycles. The quantitative estimate of drug-likeness (QED) is 0.269. The van der Waals surface area contributed by atoms with E-state index < -0.39 is 17.7 Å². The van der Waals surface area contributed by atoms with Crippen molar-refractivity contribution in [2.45, 2.75) is 45.8 Å². The van der Waals surface area contributed by atoms with Crippen molar-refractivity contribution < 1.29 is 14.6 Å². The molecule has 4 aromatic rings. The number of aromatic nitrogens is 3. The van der Waals surface area contributed by atoms with Crippen LogP contribution >= 0.6 is 22.9 Å². The Kier molecular flexibility index (Phi) is 7.57. The van der Waals surface area contributed by atoms with E-state index in [1.165, 1.54) is 11.3 Å². The number of thiazole rings is 1. The van der Waals surface area contributed by atoms with Gasteiger partial charge < -0.3 is 14.7 Å². The molecule has 0 fully saturated rings. The largest absolute Gasteiger partial charge is 0.479 e. The van der Waals surface area contributed by atoms with Crippen molar-refractivity contribution in [1.82, 2.24) is 19.9 Å². The van der Waals surface area contributed by atoms with Crippen molar-refractivity contribution in [2.75, 3.05) is 20.1 Å². The number of carbonyl (C=O) groups is 1. The van der Waals surface area contributed by atoms with Gasteiger partial charge in [0, 0.05) is 35.4 Å². The van der Waals surface area contributed by atoms with Crippen LogP contribution in [-0.4, -0.2) is 56.7 Å². The van der Waals surface area contributed by atoms with Crippen LogP contribution in [0.5, 0.6) is 0 Å². The molecule has 1 atom stereocenters. The summed E-state index contributed by atoms with van der Waals surface area (Å²) in [6, 6.07) is 11.2. The van der Waals surface area contributed by atoms with Crippen LogP contribution in [0.2, 0.25) is 5.02 Å². The molecule has 2 aromatic carbocycles. The Balaban J connectivity index is 1.70. The minimum Gasteiger partial charge on any atom is -0.479 e. The molecule has 1 aliphatic rings. The number of halogens is 1. The summed E-state index contributed by atoms with van der Waals surface area (Å²) in [6.07, 6.45) is 3.69. The minimum absolute atomic E-state index is 0.603. The van der Waals surface area contributed by atoms with Gasteiger partial charge in [0.2, 0.25) is 0 Å². The predicted octanol–water partition coefficient (Wildman–Crippen LogP) is 7.04. The molecule has 2 aromatic heterocycles. The number of fused-ring (bicyclic) bond motifs is 1. The molecule has 202 valence electrons. The Morgan fingerprint density at radius 1 is 1.18 bits per heavy atom. The monoisotopic (exact) mass is 562 g/mol. The minimum atomic E-state index is -1.16. The molecule has 0 radical (unpaired) electrons. The Labute approximate surface area is 237 Å². The summed E-state index contributed by atoms with van der Waals surface area (Å²) in [6.45, 7) is 9.32. The second-order valence-corrected chi connectivity index (χ2v) is 12.2. The van der Waals surface area contributed by atoms with Gasteiger partial charge in [-0.05, 0) is 82.1 Å². The van der Waals surface area contributed by atoms with Crippen molar-refractivity contribution in [3.63, 3.8) is 0 Å². The van der Waals surface area contributed by atoms with Gasteiger partial charge in [0.25, 0.3) is 0 Å². The van der Waals surface area contributed by atoms with Crippen molar-refractivity contribution in [3.05, 3.63) is 70.6 Å². The Morgan fingerprint density at radius 2 is 1.92 bits per heavy atom. The third kappa shape index (κ3) is 5.89. The summed E-state index contributed by atoms with van der Waals surface area (Å²) in [5.74, 6) is -0.321. The highest BCUT2D eigenvalue weighted by atomic mass is 35.5. The van der Waals surface area contributed by atoms with Crippen LogP contribution in [0.3, 0.4) is 0 Å². The Morgan fingerprint density at radius 3 is 2.56 bits per heavy atom. The molecule has 0 spiro atoms. The van der Waals surface area contributed by atoms with Crippen LogP contribution in [0.15, 0.2) is 48.7 Å². The van der Waals surface area contributed by atoms with E-state index in [0.717, 1.165) is 68.5 Å². The predicted molar refractivity (Wildman–Crippen MR) is 157 cm³/mol. The fourth-order valence-corrected chi connectivity index (χ4v) is 5.98. The number of ether oxygens (including phenoxy) is 1. The number of likely N-dealkylation sites (N-methyl/N-ethyl adjacent to an activating group) is 1. The lowest BCUT2D eigenvalue weighted by atomic mass is 9.91. The zero-order valence-electron chi connectivity index (χ0n) is 22.7. The van der Waals surface area contributed by atoms with Crippen LogP contribution in [0.25, 0.3) is 37.6 Å². The molecule has 1 aliphatic heterocycles. The number of aliphatic carboxylic acids is 1. The molecule has 0 saturated carbocycles. The maximum Gasteiger partial charge on any atom is 0.337 e.